The summed E-state index contributed by atoms with van der Waals surface area (Å²) in [5.41, 5.74) is 6.29. The standard InChI is InChI=1S/C15H28N2O2/c1-12-6-5-9-17(12,15(18)19)11-14(16)10-13-7-3-2-4-8-13/h12-14H,2-11,16H2,1H3/p+1/t12-,14+,17?/m1/s1. The lowest BCUT2D eigenvalue weighted by atomic mass is 9.85. The van der Waals surface area contributed by atoms with Crippen molar-refractivity contribution in [3.63, 3.8) is 0 Å². The summed E-state index contributed by atoms with van der Waals surface area (Å²) in [5.74, 6) is 0.732. The number of nitrogens with zero attached hydrogens (tertiary/aromatic N) is 1. The lowest BCUT2D eigenvalue weighted by Gasteiger charge is -2.35. The van der Waals surface area contributed by atoms with E-state index in [-0.39, 0.29) is 16.6 Å². The highest BCUT2D eigenvalue weighted by molar-refractivity contribution is 5.57. The van der Waals surface area contributed by atoms with Gasteiger partial charge in [-0.2, -0.15) is 4.79 Å². The Kier molecular flexibility index (Phi) is 4.85. The third-order valence-corrected chi connectivity index (χ3v) is 5.32. The predicted octanol–water partition coefficient (Wildman–Crippen LogP) is 2.96. The lowest BCUT2D eigenvalue weighted by molar-refractivity contribution is -0.868. The molecule has 1 aliphatic heterocycles. The summed E-state index contributed by atoms with van der Waals surface area (Å²) in [6.07, 6.45) is 8.96. The number of quaternary nitrogens is 1. The summed E-state index contributed by atoms with van der Waals surface area (Å²) in [4.78, 5) is 11.7. The number of amides is 1. The highest BCUT2D eigenvalue weighted by Crippen LogP contribution is 2.31. The van der Waals surface area contributed by atoms with Crippen LogP contribution in [0.1, 0.15) is 58.3 Å². The molecule has 0 aromatic rings. The van der Waals surface area contributed by atoms with Gasteiger partial charge in [0.15, 0.2) is 0 Å². The fourth-order valence-corrected chi connectivity index (χ4v) is 4.11. The molecule has 4 heteroatoms. The Labute approximate surface area is 116 Å². The highest BCUT2D eigenvalue weighted by atomic mass is 16.4. The van der Waals surface area contributed by atoms with E-state index >= 15 is 0 Å². The number of hydrogen-bond acceptors (Lipinski definition) is 2. The lowest BCUT2D eigenvalue weighted by Crippen LogP contribution is -2.59. The van der Waals surface area contributed by atoms with E-state index in [1.54, 1.807) is 0 Å². The molecule has 2 fully saturated rings. The van der Waals surface area contributed by atoms with Crippen LogP contribution >= 0.6 is 0 Å². The van der Waals surface area contributed by atoms with Gasteiger partial charge in [0.05, 0.1) is 18.6 Å². The summed E-state index contributed by atoms with van der Waals surface area (Å²) in [6, 6.07) is 0.259. The van der Waals surface area contributed by atoms with Crippen LogP contribution in [0.5, 0.6) is 0 Å². The van der Waals surface area contributed by atoms with Gasteiger partial charge >= 0.3 is 6.09 Å². The third-order valence-electron chi connectivity index (χ3n) is 5.32. The van der Waals surface area contributed by atoms with Crippen LogP contribution in [-0.2, 0) is 0 Å². The number of nitrogens with two attached hydrogens (primary N) is 1. The Morgan fingerprint density at radius 1 is 1.26 bits per heavy atom. The van der Waals surface area contributed by atoms with Crippen LogP contribution in [0.4, 0.5) is 4.79 Å². The molecule has 0 spiro atoms. The third kappa shape index (κ3) is 3.29. The fourth-order valence-electron chi connectivity index (χ4n) is 4.11. The van der Waals surface area contributed by atoms with Crippen molar-refractivity contribution in [2.75, 3.05) is 13.1 Å². The first-order valence-electron chi connectivity index (χ1n) is 7.90. The molecule has 19 heavy (non-hydrogen) atoms. The predicted molar refractivity (Wildman–Crippen MR) is 75.9 cm³/mol. The average Bonchev–Trinajstić information content (AvgIpc) is 2.73. The van der Waals surface area contributed by atoms with Crippen LogP contribution < -0.4 is 5.73 Å². The zero-order chi connectivity index (χ0) is 13.9. The van der Waals surface area contributed by atoms with E-state index in [2.05, 4.69) is 6.92 Å². The highest BCUT2D eigenvalue weighted by Gasteiger charge is 2.47. The van der Waals surface area contributed by atoms with Crippen LogP contribution in [0.25, 0.3) is 0 Å². The topological polar surface area (TPSA) is 63.3 Å². The van der Waals surface area contributed by atoms with Gasteiger partial charge < -0.3 is 10.8 Å². The quantitative estimate of drug-likeness (QED) is 0.771. The first-order chi connectivity index (χ1) is 9.04. The maximum Gasteiger partial charge on any atom is 0.513 e. The van der Waals surface area contributed by atoms with Gasteiger partial charge in [-0.25, -0.2) is 4.48 Å². The summed E-state index contributed by atoms with van der Waals surface area (Å²) in [7, 11) is 0. The number of likely N-dealkylation sites (tertiary alicyclic amines) is 1. The molecule has 1 amide bonds. The molecule has 3 N–H and O–H groups in total. The van der Waals surface area contributed by atoms with Crippen molar-refractivity contribution in [3.05, 3.63) is 0 Å². The van der Waals surface area contributed by atoms with E-state index < -0.39 is 6.09 Å². The molecule has 0 radical (unpaired) electrons. The number of carboxylic acid groups (broad SMARTS) is 1. The molecule has 2 aliphatic rings. The summed E-state index contributed by atoms with van der Waals surface area (Å²) >= 11 is 0. The zero-order valence-electron chi connectivity index (χ0n) is 12.2. The molecule has 0 bridgehead atoms. The summed E-state index contributed by atoms with van der Waals surface area (Å²) in [6.45, 7) is 3.44. The van der Waals surface area contributed by atoms with Crippen LogP contribution in [0.2, 0.25) is 0 Å². The molecule has 1 saturated carbocycles. The molecule has 1 unspecified atom stereocenters. The summed E-state index contributed by atoms with van der Waals surface area (Å²) < 4.78 is 0.202. The van der Waals surface area contributed by atoms with Crippen molar-refractivity contribution >= 4 is 6.09 Å². The second-order valence-electron chi connectivity index (χ2n) is 6.71. The van der Waals surface area contributed by atoms with E-state index in [0.717, 1.165) is 31.7 Å². The van der Waals surface area contributed by atoms with Gasteiger partial charge in [-0.15, -0.1) is 0 Å². The maximum absolute atomic E-state index is 11.7. The molecule has 0 aromatic heterocycles. The molecule has 1 saturated heterocycles. The molecular weight excluding hydrogens is 240 g/mol. The fraction of sp³-hybridized carbons (Fsp3) is 0.933. The Bertz CT molecular complexity index is 315. The molecular formula is C15H29N2O2+. The van der Waals surface area contributed by atoms with E-state index in [0.29, 0.717) is 6.54 Å². The van der Waals surface area contributed by atoms with Crippen molar-refractivity contribution in [3.8, 4) is 0 Å². The molecule has 1 heterocycles. The van der Waals surface area contributed by atoms with Gasteiger partial charge in [0.2, 0.25) is 0 Å². The molecule has 4 nitrogen and oxygen atoms in total. The normalized spacial score (nSPS) is 34.3. The first-order valence-corrected chi connectivity index (χ1v) is 7.90. The van der Waals surface area contributed by atoms with Crippen LogP contribution in [0, 0.1) is 5.92 Å². The van der Waals surface area contributed by atoms with E-state index in [1.165, 1.54) is 32.1 Å². The number of rotatable bonds is 4. The second-order valence-corrected chi connectivity index (χ2v) is 6.71. The minimum absolute atomic E-state index is 0.0414. The Morgan fingerprint density at radius 2 is 1.95 bits per heavy atom. The smallest absolute Gasteiger partial charge is 0.435 e. The van der Waals surface area contributed by atoms with E-state index in [1.807, 2.05) is 0 Å². The average molecular weight is 269 g/mol. The molecule has 110 valence electrons. The van der Waals surface area contributed by atoms with Gasteiger partial charge in [0, 0.05) is 12.8 Å². The minimum Gasteiger partial charge on any atom is -0.435 e. The van der Waals surface area contributed by atoms with Crippen molar-refractivity contribution in [2.24, 2.45) is 11.7 Å². The van der Waals surface area contributed by atoms with Gasteiger partial charge in [-0.1, -0.05) is 32.1 Å². The van der Waals surface area contributed by atoms with E-state index in [9.17, 15) is 9.90 Å². The van der Waals surface area contributed by atoms with Crippen molar-refractivity contribution < 1.29 is 14.4 Å². The van der Waals surface area contributed by atoms with Gasteiger partial charge in [-0.3, -0.25) is 0 Å². The Morgan fingerprint density at radius 3 is 2.47 bits per heavy atom. The van der Waals surface area contributed by atoms with Crippen LogP contribution in [-0.4, -0.2) is 40.9 Å². The molecule has 1 aliphatic carbocycles. The van der Waals surface area contributed by atoms with Crippen LogP contribution in [0.15, 0.2) is 0 Å². The molecule has 3 atom stereocenters. The molecule has 0 aromatic carbocycles. The number of carbonyl (C=O) groups is 1. The van der Waals surface area contributed by atoms with Gasteiger partial charge in [-0.05, 0) is 19.3 Å². The van der Waals surface area contributed by atoms with E-state index in [4.69, 9.17) is 5.73 Å². The Hall–Kier alpha value is -0.610. The van der Waals surface area contributed by atoms with Gasteiger partial charge in [0.1, 0.15) is 6.54 Å². The summed E-state index contributed by atoms with van der Waals surface area (Å²) in [5, 5.41) is 9.61. The van der Waals surface area contributed by atoms with Crippen molar-refractivity contribution in [1.82, 2.24) is 0 Å². The Balaban J connectivity index is 1.91. The van der Waals surface area contributed by atoms with Gasteiger partial charge in [0.25, 0.3) is 0 Å². The van der Waals surface area contributed by atoms with Crippen LogP contribution in [0.3, 0.4) is 0 Å². The zero-order valence-corrected chi connectivity index (χ0v) is 12.2. The van der Waals surface area contributed by atoms with Crippen molar-refractivity contribution in [2.45, 2.75) is 70.4 Å². The SMILES string of the molecule is C[C@@H]1CCC[N+]1(C[C@@H](N)CC1CCCCC1)C(=O)O. The number of hydrogen-bond donors (Lipinski definition) is 2. The molecule has 2 rings (SSSR count). The van der Waals surface area contributed by atoms with Crippen molar-refractivity contribution in [1.29, 1.82) is 0 Å². The first kappa shape index (κ1) is 14.8. The monoisotopic (exact) mass is 269 g/mol. The maximum atomic E-state index is 11.7. The largest absolute Gasteiger partial charge is 0.513 e. The minimum atomic E-state index is -0.677. The second kappa shape index (κ2) is 6.23.